The summed E-state index contributed by atoms with van der Waals surface area (Å²) in [4.78, 5) is 11.9. The highest BCUT2D eigenvalue weighted by Gasteiger charge is 2.30. The van der Waals surface area contributed by atoms with Crippen LogP contribution in [0.15, 0.2) is 0 Å². The van der Waals surface area contributed by atoms with E-state index in [0.717, 1.165) is 25.8 Å². The van der Waals surface area contributed by atoms with E-state index in [4.69, 9.17) is 5.73 Å². The first-order chi connectivity index (χ1) is 4.17. The number of hydrogen-bond donors (Lipinski definition) is 1. The zero-order valence-electron chi connectivity index (χ0n) is 5.63. The number of carbonyl (C=O) groups excluding carboxylic acids is 1. The van der Waals surface area contributed by atoms with Gasteiger partial charge in [-0.3, -0.25) is 4.79 Å². The standard InChI is InChI=1S/C6H12N2O/c1-6(7)3-2-4-8(6)5-9/h5H,2-4,7H2,1H3/t6-/m1/s1. The minimum Gasteiger partial charge on any atom is -0.327 e. The summed E-state index contributed by atoms with van der Waals surface area (Å²) in [6, 6.07) is 0. The molecule has 0 saturated carbocycles. The Hall–Kier alpha value is -0.570. The van der Waals surface area contributed by atoms with Crippen molar-refractivity contribution in [3.63, 3.8) is 0 Å². The first-order valence-corrected chi connectivity index (χ1v) is 3.18. The van der Waals surface area contributed by atoms with Gasteiger partial charge in [-0.15, -0.1) is 0 Å². The van der Waals surface area contributed by atoms with Crippen LogP contribution in [0.4, 0.5) is 0 Å². The fraction of sp³-hybridized carbons (Fsp3) is 0.833. The van der Waals surface area contributed by atoms with Crippen LogP contribution in [0.5, 0.6) is 0 Å². The van der Waals surface area contributed by atoms with Crippen LogP contribution < -0.4 is 5.73 Å². The second-order valence-corrected chi connectivity index (χ2v) is 2.76. The molecule has 1 rings (SSSR count). The van der Waals surface area contributed by atoms with Crippen LogP contribution in [0.2, 0.25) is 0 Å². The second-order valence-electron chi connectivity index (χ2n) is 2.76. The summed E-state index contributed by atoms with van der Waals surface area (Å²) in [6.45, 7) is 2.70. The average Bonchev–Trinajstić information content (AvgIpc) is 2.08. The van der Waals surface area contributed by atoms with Crippen LogP contribution in [0.3, 0.4) is 0 Å². The molecule has 0 aromatic carbocycles. The summed E-state index contributed by atoms with van der Waals surface area (Å²) in [5, 5.41) is 0. The van der Waals surface area contributed by atoms with Crippen molar-refractivity contribution in [3.8, 4) is 0 Å². The van der Waals surface area contributed by atoms with E-state index in [-0.39, 0.29) is 5.66 Å². The lowest BCUT2D eigenvalue weighted by molar-refractivity contribution is -0.121. The van der Waals surface area contributed by atoms with E-state index in [1.807, 2.05) is 6.92 Å². The smallest absolute Gasteiger partial charge is 0.211 e. The monoisotopic (exact) mass is 128 g/mol. The molecule has 0 spiro atoms. The van der Waals surface area contributed by atoms with Gasteiger partial charge in [0.2, 0.25) is 6.41 Å². The predicted molar refractivity (Wildman–Crippen MR) is 34.6 cm³/mol. The van der Waals surface area contributed by atoms with Crippen LogP contribution in [-0.4, -0.2) is 23.5 Å². The summed E-state index contributed by atoms with van der Waals surface area (Å²) in [7, 11) is 0. The summed E-state index contributed by atoms with van der Waals surface area (Å²) in [5.41, 5.74) is 5.35. The number of rotatable bonds is 1. The molecular formula is C6H12N2O. The van der Waals surface area contributed by atoms with Crippen molar-refractivity contribution in [2.45, 2.75) is 25.4 Å². The molecule has 1 aliphatic rings. The van der Waals surface area contributed by atoms with Crippen LogP contribution in [-0.2, 0) is 4.79 Å². The molecule has 1 amide bonds. The molecule has 3 nitrogen and oxygen atoms in total. The molecule has 1 heterocycles. The molecule has 0 radical (unpaired) electrons. The Morgan fingerprint density at radius 3 is 2.67 bits per heavy atom. The Morgan fingerprint density at radius 1 is 1.78 bits per heavy atom. The Morgan fingerprint density at radius 2 is 2.44 bits per heavy atom. The number of hydrogen-bond acceptors (Lipinski definition) is 2. The van der Waals surface area contributed by atoms with Crippen LogP contribution in [0.25, 0.3) is 0 Å². The largest absolute Gasteiger partial charge is 0.327 e. The second kappa shape index (κ2) is 1.99. The Labute approximate surface area is 54.8 Å². The Kier molecular flexibility index (Phi) is 1.45. The number of nitrogens with zero attached hydrogens (tertiary/aromatic N) is 1. The normalized spacial score (nSPS) is 35.1. The number of likely N-dealkylation sites (tertiary alicyclic amines) is 1. The SMILES string of the molecule is C[C@]1(N)CCCN1C=O. The lowest BCUT2D eigenvalue weighted by atomic mass is 10.1. The molecule has 0 unspecified atom stereocenters. The van der Waals surface area contributed by atoms with E-state index in [1.165, 1.54) is 0 Å². The van der Waals surface area contributed by atoms with Crippen molar-refractivity contribution in [1.82, 2.24) is 4.90 Å². The van der Waals surface area contributed by atoms with Gasteiger partial charge in [-0.1, -0.05) is 0 Å². The van der Waals surface area contributed by atoms with Crippen molar-refractivity contribution in [2.75, 3.05) is 6.54 Å². The van der Waals surface area contributed by atoms with Crippen LogP contribution >= 0.6 is 0 Å². The van der Waals surface area contributed by atoms with Crippen molar-refractivity contribution in [2.24, 2.45) is 5.73 Å². The highest BCUT2D eigenvalue weighted by atomic mass is 16.1. The third kappa shape index (κ3) is 1.05. The zero-order valence-corrected chi connectivity index (χ0v) is 5.63. The van der Waals surface area contributed by atoms with Gasteiger partial charge in [0.05, 0.1) is 5.66 Å². The summed E-state index contributed by atoms with van der Waals surface area (Å²) < 4.78 is 0. The van der Waals surface area contributed by atoms with E-state index in [0.29, 0.717) is 0 Å². The molecule has 2 N–H and O–H groups in total. The van der Waals surface area contributed by atoms with E-state index in [1.54, 1.807) is 4.90 Å². The summed E-state index contributed by atoms with van der Waals surface area (Å²) >= 11 is 0. The molecule has 9 heavy (non-hydrogen) atoms. The van der Waals surface area contributed by atoms with E-state index >= 15 is 0 Å². The molecule has 3 heteroatoms. The van der Waals surface area contributed by atoms with Gasteiger partial charge in [0.1, 0.15) is 0 Å². The maximum Gasteiger partial charge on any atom is 0.211 e. The van der Waals surface area contributed by atoms with Gasteiger partial charge >= 0.3 is 0 Å². The van der Waals surface area contributed by atoms with Crippen LogP contribution in [0.1, 0.15) is 19.8 Å². The van der Waals surface area contributed by atoms with Gasteiger partial charge in [0, 0.05) is 6.54 Å². The summed E-state index contributed by atoms with van der Waals surface area (Å²) in [5.74, 6) is 0. The van der Waals surface area contributed by atoms with Gasteiger partial charge in [-0.05, 0) is 19.8 Å². The lowest BCUT2D eigenvalue weighted by Gasteiger charge is -2.26. The van der Waals surface area contributed by atoms with Crippen molar-refractivity contribution in [1.29, 1.82) is 0 Å². The number of carbonyl (C=O) groups is 1. The van der Waals surface area contributed by atoms with Gasteiger partial charge in [0.25, 0.3) is 0 Å². The molecule has 1 atom stereocenters. The fourth-order valence-electron chi connectivity index (χ4n) is 1.18. The topological polar surface area (TPSA) is 46.3 Å². The van der Waals surface area contributed by atoms with Gasteiger partial charge in [-0.25, -0.2) is 0 Å². The fourth-order valence-corrected chi connectivity index (χ4v) is 1.18. The number of amides is 1. The van der Waals surface area contributed by atoms with Crippen molar-refractivity contribution in [3.05, 3.63) is 0 Å². The maximum atomic E-state index is 10.3. The molecule has 0 aliphatic carbocycles. The summed E-state index contributed by atoms with van der Waals surface area (Å²) in [6.07, 6.45) is 2.78. The first kappa shape index (κ1) is 6.55. The number of nitrogens with two attached hydrogens (primary N) is 1. The van der Waals surface area contributed by atoms with Crippen LogP contribution in [0, 0.1) is 0 Å². The molecule has 0 bridgehead atoms. The molecule has 0 aromatic heterocycles. The molecule has 1 saturated heterocycles. The van der Waals surface area contributed by atoms with Gasteiger partial charge in [0.15, 0.2) is 0 Å². The van der Waals surface area contributed by atoms with Crippen molar-refractivity contribution >= 4 is 6.41 Å². The molecule has 1 fully saturated rings. The zero-order chi connectivity index (χ0) is 6.91. The highest BCUT2D eigenvalue weighted by Crippen LogP contribution is 2.20. The maximum absolute atomic E-state index is 10.3. The molecule has 52 valence electrons. The van der Waals surface area contributed by atoms with Gasteiger partial charge < -0.3 is 10.6 Å². The Bertz CT molecular complexity index is 122. The van der Waals surface area contributed by atoms with E-state index in [9.17, 15) is 4.79 Å². The van der Waals surface area contributed by atoms with Gasteiger partial charge in [-0.2, -0.15) is 0 Å². The quantitative estimate of drug-likeness (QED) is 0.502. The minimum atomic E-state index is -0.373. The lowest BCUT2D eigenvalue weighted by Crippen LogP contribution is -2.48. The minimum absolute atomic E-state index is 0.373. The van der Waals surface area contributed by atoms with E-state index in [2.05, 4.69) is 0 Å². The van der Waals surface area contributed by atoms with Crippen molar-refractivity contribution < 1.29 is 4.79 Å². The molecule has 1 aliphatic heterocycles. The third-order valence-corrected chi connectivity index (χ3v) is 1.87. The van der Waals surface area contributed by atoms with E-state index < -0.39 is 0 Å². The average molecular weight is 128 g/mol. The predicted octanol–water partition coefficient (Wildman–Crippen LogP) is -0.0865. The third-order valence-electron chi connectivity index (χ3n) is 1.87. The Balaban J connectivity index is 2.62. The molecular weight excluding hydrogens is 116 g/mol. The highest BCUT2D eigenvalue weighted by molar-refractivity contribution is 5.49. The first-order valence-electron chi connectivity index (χ1n) is 3.18. The molecule has 0 aromatic rings.